The third kappa shape index (κ3) is 4.29. The topological polar surface area (TPSA) is 67.8 Å². The van der Waals surface area contributed by atoms with Crippen LogP contribution in [0.25, 0.3) is 0 Å². The molecule has 0 spiro atoms. The first-order valence-electron chi connectivity index (χ1n) is 6.49. The van der Waals surface area contributed by atoms with Crippen LogP contribution in [-0.2, 0) is 10.0 Å². The largest absolute Gasteiger partial charge is 0.494 e. The van der Waals surface area contributed by atoms with E-state index in [0.717, 1.165) is 4.47 Å². The molecule has 0 unspecified atom stereocenters. The zero-order valence-corrected chi connectivity index (χ0v) is 14.8. The van der Waals surface area contributed by atoms with Crippen molar-refractivity contribution < 1.29 is 17.5 Å². The molecule has 0 aliphatic rings. The smallest absolute Gasteiger partial charge is 0.276 e. The van der Waals surface area contributed by atoms with Crippen LogP contribution in [0.1, 0.15) is 12.5 Å². The fourth-order valence-corrected chi connectivity index (χ4v) is 2.87. The van der Waals surface area contributed by atoms with Gasteiger partial charge >= 0.3 is 0 Å². The van der Waals surface area contributed by atoms with Crippen LogP contribution in [0.2, 0.25) is 0 Å². The molecule has 0 fully saturated rings. The average Bonchev–Trinajstić information content (AvgIpc) is 2.53. The summed E-state index contributed by atoms with van der Waals surface area (Å²) < 4.78 is 43.5. The molecule has 0 atom stereocenters. The van der Waals surface area contributed by atoms with Gasteiger partial charge in [-0.25, -0.2) is 4.39 Å². The van der Waals surface area contributed by atoms with Crippen molar-refractivity contribution in [3.8, 4) is 5.75 Å². The molecule has 8 heteroatoms. The van der Waals surface area contributed by atoms with Crippen molar-refractivity contribution in [1.82, 2.24) is 4.83 Å². The first-order chi connectivity index (χ1) is 10.8. The zero-order chi connectivity index (χ0) is 17.0. The van der Waals surface area contributed by atoms with Crippen molar-refractivity contribution in [3.05, 3.63) is 58.3 Å². The quantitative estimate of drug-likeness (QED) is 0.618. The van der Waals surface area contributed by atoms with E-state index in [4.69, 9.17) is 4.74 Å². The minimum Gasteiger partial charge on any atom is -0.494 e. The van der Waals surface area contributed by atoms with Crippen molar-refractivity contribution in [2.75, 3.05) is 7.11 Å². The maximum absolute atomic E-state index is 13.7. The molecule has 23 heavy (non-hydrogen) atoms. The molecule has 0 aliphatic carbocycles. The maximum Gasteiger partial charge on any atom is 0.276 e. The van der Waals surface area contributed by atoms with Gasteiger partial charge in [-0.1, -0.05) is 15.9 Å². The second-order valence-corrected chi connectivity index (χ2v) is 7.17. The Balaban J connectivity index is 2.21. The van der Waals surface area contributed by atoms with Crippen LogP contribution in [0.5, 0.6) is 5.75 Å². The van der Waals surface area contributed by atoms with Gasteiger partial charge in [-0.2, -0.15) is 18.4 Å². The fraction of sp³-hybridized carbons (Fsp3) is 0.133. The second-order valence-electron chi connectivity index (χ2n) is 4.60. The third-order valence-electron chi connectivity index (χ3n) is 3.03. The van der Waals surface area contributed by atoms with E-state index in [1.54, 1.807) is 25.1 Å². The first kappa shape index (κ1) is 17.4. The number of methoxy groups -OCH3 is 1. The Morgan fingerprint density at radius 1 is 1.22 bits per heavy atom. The first-order valence-corrected chi connectivity index (χ1v) is 8.76. The lowest BCUT2D eigenvalue weighted by atomic mass is 10.1. The van der Waals surface area contributed by atoms with Crippen molar-refractivity contribution in [1.29, 1.82) is 0 Å². The zero-order valence-electron chi connectivity index (χ0n) is 12.4. The summed E-state index contributed by atoms with van der Waals surface area (Å²) in [7, 11) is -2.41. The number of ether oxygens (including phenoxy) is 1. The lowest BCUT2D eigenvalue weighted by Gasteiger charge is -2.07. The Morgan fingerprint density at radius 3 is 2.43 bits per heavy atom. The van der Waals surface area contributed by atoms with Crippen LogP contribution in [-0.4, -0.2) is 21.2 Å². The molecule has 0 aliphatic heterocycles. The van der Waals surface area contributed by atoms with Crippen molar-refractivity contribution in [2.24, 2.45) is 5.10 Å². The summed E-state index contributed by atoms with van der Waals surface area (Å²) in [6, 6.07) is 10.4. The van der Waals surface area contributed by atoms with Crippen LogP contribution in [0.15, 0.2) is 56.9 Å². The Hall–Kier alpha value is -1.93. The number of rotatable bonds is 5. The molecule has 5 nitrogen and oxygen atoms in total. The van der Waals surface area contributed by atoms with Crippen LogP contribution in [0.4, 0.5) is 4.39 Å². The van der Waals surface area contributed by atoms with Gasteiger partial charge in [0.1, 0.15) is 0 Å². The van der Waals surface area contributed by atoms with Gasteiger partial charge in [-0.15, -0.1) is 0 Å². The molecule has 0 bridgehead atoms. The van der Waals surface area contributed by atoms with Crippen LogP contribution < -0.4 is 9.57 Å². The number of halogens is 2. The fourth-order valence-electron chi connectivity index (χ4n) is 1.75. The molecule has 122 valence electrons. The molecule has 0 saturated carbocycles. The second kappa shape index (κ2) is 7.10. The average molecular weight is 401 g/mol. The van der Waals surface area contributed by atoms with E-state index in [9.17, 15) is 12.8 Å². The Labute approximate surface area is 142 Å². The number of sulfonamides is 1. The van der Waals surface area contributed by atoms with Crippen molar-refractivity contribution >= 4 is 31.7 Å². The molecule has 0 amide bonds. The van der Waals surface area contributed by atoms with Gasteiger partial charge in [0.05, 0.1) is 17.7 Å². The van der Waals surface area contributed by atoms with Crippen LogP contribution in [0.3, 0.4) is 0 Å². The highest BCUT2D eigenvalue weighted by molar-refractivity contribution is 9.10. The van der Waals surface area contributed by atoms with Gasteiger partial charge in [0, 0.05) is 10.0 Å². The molecule has 0 aromatic heterocycles. The van der Waals surface area contributed by atoms with Gasteiger partial charge in [0.15, 0.2) is 11.6 Å². The van der Waals surface area contributed by atoms with E-state index in [-0.39, 0.29) is 10.6 Å². The number of hydrazone groups is 1. The minimum atomic E-state index is -3.78. The highest BCUT2D eigenvalue weighted by atomic mass is 79.9. The van der Waals surface area contributed by atoms with Crippen LogP contribution >= 0.6 is 15.9 Å². The summed E-state index contributed by atoms with van der Waals surface area (Å²) in [5.74, 6) is -0.438. The number of nitrogens with zero attached hydrogens (tertiary/aromatic N) is 1. The normalized spacial score (nSPS) is 12.1. The molecule has 2 aromatic carbocycles. The Bertz CT molecular complexity index is 836. The molecule has 2 aromatic rings. The summed E-state index contributed by atoms with van der Waals surface area (Å²) >= 11 is 3.23. The maximum atomic E-state index is 13.7. The lowest BCUT2D eigenvalue weighted by molar-refractivity contribution is 0.386. The molecule has 0 radical (unpaired) electrons. The van der Waals surface area contributed by atoms with E-state index in [1.807, 2.05) is 0 Å². The number of hydrogen-bond acceptors (Lipinski definition) is 4. The predicted molar refractivity (Wildman–Crippen MR) is 89.6 cm³/mol. The molecular formula is C15H14BrFN2O3S. The van der Waals surface area contributed by atoms with Gasteiger partial charge in [0.2, 0.25) is 0 Å². The summed E-state index contributed by atoms with van der Waals surface area (Å²) in [4.78, 5) is 2.21. The van der Waals surface area contributed by atoms with E-state index in [1.165, 1.54) is 31.4 Å². The van der Waals surface area contributed by atoms with E-state index >= 15 is 0 Å². The monoisotopic (exact) mass is 400 g/mol. The third-order valence-corrected chi connectivity index (χ3v) is 4.78. The summed E-state index contributed by atoms with van der Waals surface area (Å²) in [6.45, 7) is 1.57. The molecule has 2 rings (SSSR count). The molecule has 0 heterocycles. The lowest BCUT2D eigenvalue weighted by Crippen LogP contribution is -2.20. The molecule has 1 N–H and O–H groups in total. The standard InChI is InChI=1S/C15H14BrFN2O3S/c1-10(11-3-8-15(22-2)14(17)9-11)18-19-23(20,21)13-6-4-12(16)5-7-13/h3-9,19H,1-2H3/b18-10-. The van der Waals surface area contributed by atoms with E-state index in [0.29, 0.717) is 11.3 Å². The highest BCUT2D eigenvalue weighted by Crippen LogP contribution is 2.18. The van der Waals surface area contributed by atoms with Gasteiger partial charge in [-0.05, 0) is 49.4 Å². The number of hydrogen-bond donors (Lipinski definition) is 1. The highest BCUT2D eigenvalue weighted by Gasteiger charge is 2.13. The number of benzene rings is 2. The van der Waals surface area contributed by atoms with Crippen molar-refractivity contribution in [3.63, 3.8) is 0 Å². The van der Waals surface area contributed by atoms with E-state index < -0.39 is 15.8 Å². The van der Waals surface area contributed by atoms with Crippen LogP contribution in [0, 0.1) is 5.82 Å². The van der Waals surface area contributed by atoms with E-state index in [2.05, 4.69) is 25.9 Å². The van der Waals surface area contributed by atoms with Gasteiger partial charge in [-0.3, -0.25) is 0 Å². The summed E-state index contributed by atoms with van der Waals surface area (Å²) in [5.41, 5.74) is 0.772. The SMILES string of the molecule is COc1ccc(/C(C)=N\NS(=O)(=O)c2ccc(Br)cc2)cc1F. The van der Waals surface area contributed by atoms with Crippen molar-refractivity contribution in [2.45, 2.75) is 11.8 Å². The Kier molecular flexibility index (Phi) is 5.38. The summed E-state index contributed by atoms with van der Waals surface area (Å²) in [5, 5.41) is 3.82. The minimum absolute atomic E-state index is 0.0816. The molecule has 0 saturated heterocycles. The summed E-state index contributed by atoms with van der Waals surface area (Å²) in [6.07, 6.45) is 0. The number of nitrogens with one attached hydrogen (secondary N) is 1. The van der Waals surface area contributed by atoms with Gasteiger partial charge < -0.3 is 4.74 Å². The predicted octanol–water partition coefficient (Wildman–Crippen LogP) is 3.30. The Morgan fingerprint density at radius 2 is 1.87 bits per heavy atom. The van der Waals surface area contributed by atoms with Gasteiger partial charge in [0.25, 0.3) is 10.0 Å². The molecular weight excluding hydrogens is 387 g/mol.